The molecular formula is C35H56O4. The topological polar surface area (TPSA) is 36.9 Å². The van der Waals surface area contributed by atoms with E-state index in [1.807, 2.05) is 0 Å². The molecule has 0 saturated heterocycles. The summed E-state index contributed by atoms with van der Waals surface area (Å²) in [6.07, 6.45) is 25.2. The molecule has 2 aliphatic carbocycles. The van der Waals surface area contributed by atoms with Crippen LogP contribution in [0.4, 0.5) is 0 Å². The number of aryl methyl sites for hydroxylation is 1. The maximum absolute atomic E-state index is 6.39. The fourth-order valence-corrected chi connectivity index (χ4v) is 5.67. The van der Waals surface area contributed by atoms with E-state index in [4.69, 9.17) is 18.9 Å². The van der Waals surface area contributed by atoms with Crippen LogP contribution in [0.5, 0.6) is 11.5 Å². The molecule has 0 N–H and O–H groups in total. The first-order chi connectivity index (χ1) is 19.0. The predicted molar refractivity (Wildman–Crippen MR) is 163 cm³/mol. The number of hydrogen-bond donors (Lipinski definition) is 0. The van der Waals surface area contributed by atoms with Crippen molar-refractivity contribution in [3.63, 3.8) is 0 Å². The molecule has 0 amide bonds. The van der Waals surface area contributed by atoms with Gasteiger partial charge in [0.1, 0.15) is 11.5 Å². The summed E-state index contributed by atoms with van der Waals surface area (Å²) in [5.74, 6) is 1.81. The third-order valence-electron chi connectivity index (χ3n) is 8.18. The van der Waals surface area contributed by atoms with Gasteiger partial charge in [0, 0.05) is 5.56 Å². The van der Waals surface area contributed by atoms with Gasteiger partial charge in [-0.2, -0.15) is 0 Å². The summed E-state index contributed by atoms with van der Waals surface area (Å²) < 4.78 is 25.1. The molecule has 0 radical (unpaired) electrons. The number of benzene rings is 1. The Labute approximate surface area is 239 Å². The Morgan fingerprint density at radius 1 is 0.769 bits per heavy atom. The first-order valence-electron chi connectivity index (χ1n) is 16.0. The minimum Gasteiger partial charge on any atom is -0.467 e. The van der Waals surface area contributed by atoms with E-state index in [-0.39, 0.29) is 0 Å². The second kappa shape index (κ2) is 18.5. The highest BCUT2D eigenvalue weighted by atomic mass is 16.7. The highest BCUT2D eigenvalue weighted by molar-refractivity contribution is 5.49. The zero-order valence-corrected chi connectivity index (χ0v) is 25.5. The van der Waals surface area contributed by atoms with Gasteiger partial charge >= 0.3 is 0 Å². The van der Waals surface area contributed by atoms with Crippen molar-refractivity contribution in [1.82, 2.24) is 0 Å². The first kappa shape index (κ1) is 31.7. The zero-order valence-electron chi connectivity index (χ0n) is 25.5. The van der Waals surface area contributed by atoms with Crippen molar-refractivity contribution < 1.29 is 18.9 Å². The lowest BCUT2D eigenvalue weighted by molar-refractivity contribution is -0.0528. The van der Waals surface area contributed by atoms with Crippen molar-refractivity contribution in [2.24, 2.45) is 0 Å². The van der Waals surface area contributed by atoms with Crippen LogP contribution < -0.4 is 9.47 Å². The van der Waals surface area contributed by atoms with Crippen LogP contribution in [0.15, 0.2) is 35.4 Å². The first-order valence-corrected chi connectivity index (χ1v) is 16.0. The molecule has 39 heavy (non-hydrogen) atoms. The van der Waals surface area contributed by atoms with Crippen LogP contribution in [-0.4, -0.2) is 25.8 Å². The largest absolute Gasteiger partial charge is 0.467 e. The summed E-state index contributed by atoms with van der Waals surface area (Å²) in [5, 5.41) is 0. The van der Waals surface area contributed by atoms with E-state index >= 15 is 0 Å². The molecule has 0 aromatic heterocycles. The van der Waals surface area contributed by atoms with E-state index in [2.05, 4.69) is 52.0 Å². The fourth-order valence-electron chi connectivity index (χ4n) is 5.67. The number of rotatable bonds is 17. The highest BCUT2D eigenvalue weighted by Crippen LogP contribution is 2.34. The number of allylic oxidation sites excluding steroid dienone is 4. The Bertz CT molecular complexity index is 826. The van der Waals surface area contributed by atoms with Crippen LogP contribution in [0.3, 0.4) is 0 Å². The molecule has 0 aliphatic heterocycles. The monoisotopic (exact) mass is 540 g/mol. The normalized spacial score (nSPS) is 17.3. The van der Waals surface area contributed by atoms with Gasteiger partial charge in [-0.1, -0.05) is 81.6 Å². The molecule has 0 unspecified atom stereocenters. The molecule has 1 aromatic carbocycles. The van der Waals surface area contributed by atoms with E-state index in [0.717, 1.165) is 68.4 Å². The van der Waals surface area contributed by atoms with Crippen LogP contribution in [-0.2, 0) is 22.3 Å². The summed E-state index contributed by atoms with van der Waals surface area (Å²) in [4.78, 5) is 0. The van der Waals surface area contributed by atoms with Crippen LogP contribution in [0.25, 0.3) is 0 Å². The van der Waals surface area contributed by atoms with E-state index in [0.29, 0.717) is 25.8 Å². The Morgan fingerprint density at radius 3 is 1.85 bits per heavy atom. The molecule has 0 heterocycles. The quantitative estimate of drug-likeness (QED) is 0.112. The third kappa shape index (κ3) is 12.5. The number of unbranched alkanes of at least 4 members (excludes halogenated alkanes) is 2. The lowest BCUT2D eigenvalue weighted by Crippen LogP contribution is -2.20. The van der Waals surface area contributed by atoms with Crippen LogP contribution in [0, 0.1) is 0 Å². The molecule has 2 aliphatic rings. The summed E-state index contributed by atoms with van der Waals surface area (Å²) >= 11 is 0. The molecule has 2 fully saturated rings. The maximum Gasteiger partial charge on any atom is 0.189 e. The molecule has 220 valence electrons. The van der Waals surface area contributed by atoms with Crippen LogP contribution in [0.1, 0.15) is 135 Å². The van der Waals surface area contributed by atoms with E-state index in [9.17, 15) is 0 Å². The Hall–Kier alpha value is -1.78. The average Bonchev–Trinajstić information content (AvgIpc) is 2.93. The van der Waals surface area contributed by atoms with Gasteiger partial charge in [-0.15, -0.1) is 0 Å². The Balaban J connectivity index is 1.76. The van der Waals surface area contributed by atoms with Gasteiger partial charge in [-0.25, -0.2) is 0 Å². The molecular weight excluding hydrogens is 484 g/mol. The van der Waals surface area contributed by atoms with E-state index in [1.54, 1.807) is 0 Å². The fraction of sp³-hybridized carbons (Fsp3) is 0.714. The molecule has 1 aromatic rings. The third-order valence-corrected chi connectivity index (χ3v) is 8.18. The maximum atomic E-state index is 6.39. The van der Waals surface area contributed by atoms with Gasteiger partial charge in [-0.3, -0.25) is 0 Å². The summed E-state index contributed by atoms with van der Waals surface area (Å²) in [5.41, 5.74) is 5.16. The van der Waals surface area contributed by atoms with Crippen molar-refractivity contribution >= 4 is 0 Å². The second-order valence-electron chi connectivity index (χ2n) is 12.0. The van der Waals surface area contributed by atoms with Gasteiger partial charge in [-0.05, 0) is 96.3 Å². The van der Waals surface area contributed by atoms with Crippen molar-refractivity contribution in [3.8, 4) is 11.5 Å². The SMILES string of the molecule is CCCCCc1cc(OCOC2CCCCC2)c(C/C=C(\C)CCC=C(C)C)c(OCOC2CCCCC2)c1. The van der Waals surface area contributed by atoms with Crippen LogP contribution >= 0.6 is 0 Å². The van der Waals surface area contributed by atoms with Gasteiger partial charge in [0.15, 0.2) is 13.6 Å². The van der Waals surface area contributed by atoms with E-state index in [1.165, 1.54) is 74.5 Å². The summed E-state index contributed by atoms with van der Waals surface area (Å²) in [7, 11) is 0. The highest BCUT2D eigenvalue weighted by Gasteiger charge is 2.18. The van der Waals surface area contributed by atoms with E-state index < -0.39 is 0 Å². The average molecular weight is 541 g/mol. The number of hydrogen-bond acceptors (Lipinski definition) is 4. The molecule has 4 nitrogen and oxygen atoms in total. The minimum absolute atomic E-state index is 0.303. The molecule has 0 spiro atoms. The van der Waals surface area contributed by atoms with Crippen molar-refractivity contribution in [1.29, 1.82) is 0 Å². The van der Waals surface area contributed by atoms with Crippen molar-refractivity contribution in [2.75, 3.05) is 13.6 Å². The lowest BCUT2D eigenvalue weighted by atomic mass is 9.98. The molecule has 4 heteroatoms. The summed E-state index contributed by atoms with van der Waals surface area (Å²) in [6.45, 7) is 9.42. The molecule has 0 bridgehead atoms. The Kier molecular flexibility index (Phi) is 15.1. The van der Waals surface area contributed by atoms with Gasteiger partial charge in [0.25, 0.3) is 0 Å². The van der Waals surface area contributed by atoms with Gasteiger partial charge in [0.2, 0.25) is 0 Å². The smallest absolute Gasteiger partial charge is 0.189 e. The minimum atomic E-state index is 0.303. The predicted octanol–water partition coefficient (Wildman–Crippen LogP) is 10.0. The van der Waals surface area contributed by atoms with Gasteiger partial charge in [0.05, 0.1) is 12.2 Å². The number of ether oxygens (including phenoxy) is 4. The standard InChI is InChI=1S/C35H56O4/c1-5-6-9-17-30-24-34(38-26-36-31-18-10-7-11-19-31)33(23-22-29(4)16-14-15-28(2)3)35(25-30)39-27-37-32-20-12-8-13-21-32/h15,22,24-25,31-32H,5-14,16-21,23,26-27H2,1-4H3/b29-22+. The molecule has 2 saturated carbocycles. The molecule has 0 atom stereocenters. The Morgan fingerprint density at radius 2 is 1.33 bits per heavy atom. The summed E-state index contributed by atoms with van der Waals surface area (Å²) in [6, 6.07) is 4.47. The van der Waals surface area contributed by atoms with Crippen molar-refractivity contribution in [3.05, 3.63) is 46.6 Å². The zero-order chi connectivity index (χ0) is 27.7. The second-order valence-corrected chi connectivity index (χ2v) is 12.0. The molecule has 3 rings (SSSR count). The van der Waals surface area contributed by atoms with Crippen LogP contribution in [0.2, 0.25) is 0 Å². The lowest BCUT2D eigenvalue weighted by Gasteiger charge is -2.24. The van der Waals surface area contributed by atoms with Gasteiger partial charge < -0.3 is 18.9 Å². The van der Waals surface area contributed by atoms with Crippen molar-refractivity contribution in [2.45, 2.75) is 149 Å².